The number of fused-ring (bicyclic) bond motifs is 1. The molecule has 0 spiro atoms. The summed E-state index contributed by atoms with van der Waals surface area (Å²) >= 11 is 6.08. The van der Waals surface area contributed by atoms with Gasteiger partial charge in [0.05, 0.1) is 11.3 Å². The highest BCUT2D eigenvalue weighted by Crippen LogP contribution is 2.37. The van der Waals surface area contributed by atoms with E-state index in [0.29, 0.717) is 43.2 Å². The van der Waals surface area contributed by atoms with Gasteiger partial charge in [-0.3, -0.25) is 14.7 Å². The number of rotatable bonds is 7. The van der Waals surface area contributed by atoms with E-state index < -0.39 is 11.7 Å². The van der Waals surface area contributed by atoms with E-state index >= 15 is 0 Å². The Hall–Kier alpha value is -4.15. The molecule has 1 amide bonds. The van der Waals surface area contributed by atoms with Crippen LogP contribution in [0.25, 0.3) is 11.1 Å². The molecule has 0 atom stereocenters. The van der Waals surface area contributed by atoms with Crippen molar-refractivity contribution in [1.82, 2.24) is 19.8 Å². The minimum Gasteiger partial charge on any atom is -0.367 e. The van der Waals surface area contributed by atoms with Gasteiger partial charge in [-0.05, 0) is 59.7 Å². The standard InChI is InChI=1S/C33H32ClF3N6O/c34-27-7-8-29(33(35,36)37)26(19-27)22-43-13-11-39-31-30(43)20-25(21-40-31)23-4-3-5-24(18-23)32(44)42-16-14-41(15-17-42)12-9-28-6-1-2-10-38-28/h1-8,10,18-21H,9,11-17,22H2,(H,39,40). The summed E-state index contributed by atoms with van der Waals surface area (Å²) < 4.78 is 41.2. The number of nitrogens with one attached hydrogen (secondary N) is 1. The number of halogens is 4. The monoisotopic (exact) mass is 620 g/mol. The maximum Gasteiger partial charge on any atom is 0.416 e. The lowest BCUT2D eigenvalue weighted by Gasteiger charge is -2.34. The predicted molar refractivity (Wildman–Crippen MR) is 166 cm³/mol. The Balaban J connectivity index is 1.16. The molecule has 2 aliphatic heterocycles. The van der Waals surface area contributed by atoms with Crippen molar-refractivity contribution in [2.45, 2.75) is 19.1 Å². The highest BCUT2D eigenvalue weighted by molar-refractivity contribution is 6.30. The van der Waals surface area contributed by atoms with Crippen LogP contribution in [0.4, 0.5) is 24.7 Å². The zero-order valence-corrected chi connectivity index (χ0v) is 24.8. The quantitative estimate of drug-likeness (QED) is 0.264. The first-order valence-corrected chi connectivity index (χ1v) is 15.0. The van der Waals surface area contributed by atoms with Gasteiger partial charge >= 0.3 is 6.18 Å². The molecular formula is C33H32ClF3N6O. The van der Waals surface area contributed by atoms with E-state index in [1.165, 1.54) is 12.1 Å². The molecule has 1 saturated heterocycles. The first kappa shape index (κ1) is 29.9. The van der Waals surface area contributed by atoms with Crippen LogP contribution in [0, 0.1) is 0 Å². The number of carbonyl (C=O) groups is 1. The number of anilines is 2. The van der Waals surface area contributed by atoms with Crippen LogP contribution in [0.15, 0.2) is 79.1 Å². The zero-order valence-electron chi connectivity index (χ0n) is 24.0. The van der Waals surface area contributed by atoms with Crippen molar-refractivity contribution in [1.29, 1.82) is 0 Å². The molecule has 0 aliphatic carbocycles. The Kier molecular flexibility index (Phi) is 8.72. The van der Waals surface area contributed by atoms with Gasteiger partial charge < -0.3 is 15.1 Å². The fourth-order valence-electron chi connectivity index (χ4n) is 5.77. The third-order valence-corrected chi connectivity index (χ3v) is 8.36. The van der Waals surface area contributed by atoms with E-state index in [4.69, 9.17) is 11.6 Å². The number of amides is 1. The molecule has 2 aliphatic rings. The Labute approximate surface area is 259 Å². The molecule has 0 radical (unpaired) electrons. The Morgan fingerprint density at radius 1 is 0.909 bits per heavy atom. The average Bonchev–Trinajstić information content (AvgIpc) is 3.04. The lowest BCUT2D eigenvalue weighted by molar-refractivity contribution is -0.138. The van der Waals surface area contributed by atoms with Gasteiger partial charge in [0.1, 0.15) is 5.82 Å². The number of aromatic nitrogens is 2. The summed E-state index contributed by atoms with van der Waals surface area (Å²) in [6.07, 6.45) is -0.0848. The van der Waals surface area contributed by atoms with Gasteiger partial charge in [0, 0.05) is 93.0 Å². The van der Waals surface area contributed by atoms with Crippen LogP contribution in [-0.4, -0.2) is 71.5 Å². The molecule has 1 N–H and O–H groups in total. The molecular weight excluding hydrogens is 589 g/mol. The predicted octanol–water partition coefficient (Wildman–Crippen LogP) is 6.25. The van der Waals surface area contributed by atoms with Crippen molar-refractivity contribution in [3.05, 3.63) is 107 Å². The lowest BCUT2D eigenvalue weighted by atomic mass is 10.0. The fraction of sp³-hybridized carbons (Fsp3) is 0.303. The number of benzene rings is 2. The molecule has 4 heterocycles. The average molecular weight is 621 g/mol. The van der Waals surface area contributed by atoms with E-state index in [-0.39, 0.29) is 23.0 Å². The molecule has 2 aromatic carbocycles. The maximum absolute atomic E-state index is 13.7. The van der Waals surface area contributed by atoms with Crippen LogP contribution in [0.5, 0.6) is 0 Å². The lowest BCUT2D eigenvalue weighted by Crippen LogP contribution is -2.49. The molecule has 0 bridgehead atoms. The summed E-state index contributed by atoms with van der Waals surface area (Å²) in [5.74, 6) is 0.579. The molecule has 0 saturated carbocycles. The summed E-state index contributed by atoms with van der Waals surface area (Å²) in [6.45, 7) is 4.88. The highest BCUT2D eigenvalue weighted by atomic mass is 35.5. The van der Waals surface area contributed by atoms with Crippen LogP contribution in [0.3, 0.4) is 0 Å². The Morgan fingerprint density at radius 2 is 1.75 bits per heavy atom. The van der Waals surface area contributed by atoms with Crippen molar-refractivity contribution in [2.24, 2.45) is 0 Å². The van der Waals surface area contributed by atoms with Gasteiger partial charge in [-0.2, -0.15) is 13.2 Å². The summed E-state index contributed by atoms with van der Waals surface area (Å²) in [5, 5.41) is 3.49. The molecule has 228 valence electrons. The summed E-state index contributed by atoms with van der Waals surface area (Å²) in [4.78, 5) is 28.6. The molecule has 2 aromatic heterocycles. The van der Waals surface area contributed by atoms with Gasteiger partial charge in [-0.25, -0.2) is 4.98 Å². The highest BCUT2D eigenvalue weighted by Gasteiger charge is 2.34. The summed E-state index contributed by atoms with van der Waals surface area (Å²) in [6, 6.07) is 18.9. The second-order valence-corrected chi connectivity index (χ2v) is 11.5. The van der Waals surface area contributed by atoms with Crippen molar-refractivity contribution in [3.8, 4) is 11.1 Å². The van der Waals surface area contributed by atoms with E-state index in [1.54, 1.807) is 12.4 Å². The van der Waals surface area contributed by atoms with Gasteiger partial charge in [-0.15, -0.1) is 0 Å². The van der Waals surface area contributed by atoms with Crippen molar-refractivity contribution in [3.63, 3.8) is 0 Å². The first-order valence-electron chi connectivity index (χ1n) is 14.6. The minimum absolute atomic E-state index is 0.0222. The van der Waals surface area contributed by atoms with Crippen molar-refractivity contribution < 1.29 is 18.0 Å². The van der Waals surface area contributed by atoms with Crippen LogP contribution in [0.2, 0.25) is 5.02 Å². The number of carbonyl (C=O) groups excluding carboxylic acids is 1. The second kappa shape index (κ2) is 12.8. The van der Waals surface area contributed by atoms with Gasteiger partial charge in [0.15, 0.2) is 0 Å². The SMILES string of the molecule is O=C(c1cccc(-c2cnc3c(c2)N(Cc2cc(Cl)ccc2C(F)(F)F)CCN3)c1)N1CCN(CCc2ccccn2)CC1. The third kappa shape index (κ3) is 6.81. The number of nitrogens with zero attached hydrogens (tertiary/aromatic N) is 5. The molecule has 44 heavy (non-hydrogen) atoms. The fourth-order valence-corrected chi connectivity index (χ4v) is 5.96. The number of piperazine rings is 1. The molecule has 0 unspecified atom stereocenters. The molecule has 1 fully saturated rings. The topological polar surface area (TPSA) is 64.6 Å². The van der Waals surface area contributed by atoms with Crippen LogP contribution >= 0.6 is 11.6 Å². The minimum atomic E-state index is -4.49. The van der Waals surface area contributed by atoms with Crippen molar-refractivity contribution >= 4 is 29.0 Å². The number of pyridine rings is 2. The van der Waals surface area contributed by atoms with Crippen LogP contribution in [-0.2, 0) is 19.1 Å². The van der Waals surface area contributed by atoms with Crippen molar-refractivity contribution in [2.75, 3.05) is 56.0 Å². The van der Waals surface area contributed by atoms with E-state index in [2.05, 4.69) is 20.2 Å². The Morgan fingerprint density at radius 3 is 2.52 bits per heavy atom. The summed E-state index contributed by atoms with van der Waals surface area (Å²) in [7, 11) is 0. The largest absolute Gasteiger partial charge is 0.416 e. The molecule has 7 nitrogen and oxygen atoms in total. The van der Waals surface area contributed by atoms with Gasteiger partial charge in [0.25, 0.3) is 5.91 Å². The van der Waals surface area contributed by atoms with E-state index in [1.807, 2.05) is 58.3 Å². The number of alkyl halides is 3. The number of hydrogen-bond acceptors (Lipinski definition) is 6. The molecule has 11 heteroatoms. The van der Waals surface area contributed by atoms with Gasteiger partial charge in [0.2, 0.25) is 0 Å². The smallest absolute Gasteiger partial charge is 0.367 e. The summed E-state index contributed by atoms with van der Waals surface area (Å²) in [5.41, 5.74) is 3.33. The Bertz CT molecular complexity index is 1630. The van der Waals surface area contributed by atoms with E-state index in [9.17, 15) is 18.0 Å². The third-order valence-electron chi connectivity index (χ3n) is 8.13. The molecule has 4 aromatic rings. The number of hydrogen-bond donors (Lipinski definition) is 1. The van der Waals surface area contributed by atoms with Gasteiger partial charge in [-0.1, -0.05) is 29.8 Å². The molecule has 6 rings (SSSR count). The maximum atomic E-state index is 13.7. The van der Waals surface area contributed by atoms with Crippen LogP contribution < -0.4 is 10.2 Å². The normalized spacial score (nSPS) is 15.5. The second-order valence-electron chi connectivity index (χ2n) is 11.0. The first-order chi connectivity index (χ1) is 21.2. The van der Waals surface area contributed by atoms with Crippen LogP contribution in [0.1, 0.15) is 27.2 Å². The zero-order chi connectivity index (χ0) is 30.7. The van der Waals surface area contributed by atoms with E-state index in [0.717, 1.165) is 48.9 Å².